The molecule has 6 heteroatoms. The maximum absolute atomic E-state index is 12.6. The summed E-state index contributed by atoms with van der Waals surface area (Å²) in [5, 5.41) is 9.08. The minimum Gasteiger partial charge on any atom is -0.323 e. The van der Waals surface area contributed by atoms with E-state index < -0.39 is 17.8 Å². The first-order chi connectivity index (χ1) is 9.84. The highest BCUT2D eigenvalue weighted by Gasteiger charge is 2.32. The fourth-order valence-electron chi connectivity index (χ4n) is 2.54. The normalized spacial score (nSPS) is 19.2. The summed E-state index contributed by atoms with van der Waals surface area (Å²) in [7, 11) is 0. The molecule has 21 heavy (non-hydrogen) atoms. The molecule has 1 aromatic rings. The van der Waals surface area contributed by atoms with Crippen LogP contribution >= 0.6 is 0 Å². The lowest BCUT2D eigenvalue weighted by molar-refractivity contribution is -0.137. The molecule has 1 atom stereocenters. The molecule has 0 N–H and O–H groups in total. The second-order valence-electron chi connectivity index (χ2n) is 5.17. The molecule has 1 amide bonds. The molecule has 112 valence electrons. The number of hydrogen-bond acceptors (Lipinski definition) is 2. The van der Waals surface area contributed by atoms with Crippen molar-refractivity contribution in [1.82, 2.24) is 4.90 Å². The van der Waals surface area contributed by atoms with Gasteiger partial charge in [-0.3, -0.25) is 4.79 Å². The van der Waals surface area contributed by atoms with Crippen LogP contribution in [0.25, 0.3) is 0 Å². The van der Waals surface area contributed by atoms with Gasteiger partial charge >= 0.3 is 6.18 Å². The van der Waals surface area contributed by atoms with Crippen LogP contribution in [0, 0.1) is 18.3 Å². The predicted octanol–water partition coefficient (Wildman–Crippen LogP) is 3.53. The molecule has 0 aromatic heterocycles. The Morgan fingerprint density at radius 3 is 2.67 bits per heavy atom. The van der Waals surface area contributed by atoms with E-state index in [1.807, 2.05) is 0 Å². The average Bonchev–Trinajstić information content (AvgIpc) is 2.45. The van der Waals surface area contributed by atoms with Gasteiger partial charge in [-0.2, -0.15) is 18.4 Å². The molecule has 2 rings (SSSR count). The molecule has 1 aliphatic rings. The zero-order chi connectivity index (χ0) is 15.6. The molecule has 1 aromatic carbocycles. The molecule has 1 heterocycles. The zero-order valence-corrected chi connectivity index (χ0v) is 11.6. The molecule has 0 radical (unpaired) electrons. The van der Waals surface area contributed by atoms with Gasteiger partial charge in [-0.15, -0.1) is 0 Å². The van der Waals surface area contributed by atoms with Crippen LogP contribution in [-0.4, -0.2) is 23.4 Å². The topological polar surface area (TPSA) is 44.1 Å². The third-order valence-electron chi connectivity index (χ3n) is 3.70. The van der Waals surface area contributed by atoms with Crippen LogP contribution in [0.2, 0.25) is 0 Å². The van der Waals surface area contributed by atoms with Crippen molar-refractivity contribution < 1.29 is 18.0 Å². The summed E-state index contributed by atoms with van der Waals surface area (Å²) in [5.41, 5.74) is -0.269. The molecular formula is C15H15F3N2O. The summed E-state index contributed by atoms with van der Waals surface area (Å²) in [6, 6.07) is 4.67. The summed E-state index contributed by atoms with van der Waals surface area (Å²) in [4.78, 5) is 13.9. The molecule has 0 spiro atoms. The fourth-order valence-corrected chi connectivity index (χ4v) is 2.54. The Hall–Kier alpha value is -2.03. The largest absolute Gasteiger partial charge is 0.416 e. The van der Waals surface area contributed by atoms with Gasteiger partial charge in [-0.1, -0.05) is 0 Å². The van der Waals surface area contributed by atoms with Crippen molar-refractivity contribution in [3.05, 3.63) is 34.9 Å². The second-order valence-corrected chi connectivity index (χ2v) is 5.17. The van der Waals surface area contributed by atoms with Gasteiger partial charge in [0.05, 0.1) is 11.6 Å². The minimum absolute atomic E-state index is 0.227. The minimum atomic E-state index is -4.42. The Morgan fingerprint density at radius 2 is 2.10 bits per heavy atom. The Kier molecular flexibility index (Phi) is 4.21. The Bertz CT molecular complexity index is 590. The van der Waals surface area contributed by atoms with Gasteiger partial charge in [0.15, 0.2) is 0 Å². The molecule has 0 saturated carbocycles. The molecule has 0 bridgehead atoms. The van der Waals surface area contributed by atoms with Crippen molar-refractivity contribution in [3.63, 3.8) is 0 Å². The number of likely N-dealkylation sites (tertiary alicyclic amines) is 1. The predicted molar refractivity (Wildman–Crippen MR) is 70.5 cm³/mol. The van der Waals surface area contributed by atoms with E-state index in [9.17, 15) is 18.0 Å². The smallest absolute Gasteiger partial charge is 0.323 e. The van der Waals surface area contributed by atoms with Crippen LogP contribution in [0.15, 0.2) is 18.2 Å². The number of piperidine rings is 1. The number of nitriles is 1. The first-order valence-corrected chi connectivity index (χ1v) is 6.73. The van der Waals surface area contributed by atoms with E-state index in [1.54, 1.807) is 0 Å². The van der Waals surface area contributed by atoms with Gasteiger partial charge in [0.25, 0.3) is 5.91 Å². The summed E-state index contributed by atoms with van der Waals surface area (Å²) in [6.45, 7) is 1.95. The molecule has 1 saturated heterocycles. The average molecular weight is 296 g/mol. The van der Waals surface area contributed by atoms with Crippen molar-refractivity contribution in [2.24, 2.45) is 0 Å². The Labute approximate surface area is 121 Å². The Morgan fingerprint density at radius 1 is 1.38 bits per heavy atom. The van der Waals surface area contributed by atoms with E-state index in [1.165, 1.54) is 17.9 Å². The first kappa shape index (κ1) is 15.4. The number of aryl methyl sites for hydroxylation is 1. The lowest BCUT2D eigenvalue weighted by Crippen LogP contribution is -2.43. The number of rotatable bonds is 1. The zero-order valence-electron chi connectivity index (χ0n) is 11.6. The number of halogens is 3. The molecule has 1 aliphatic heterocycles. The maximum atomic E-state index is 12.6. The number of amides is 1. The maximum Gasteiger partial charge on any atom is 0.416 e. The van der Waals surface area contributed by atoms with Crippen LogP contribution in [0.3, 0.4) is 0 Å². The summed E-state index contributed by atoms with van der Waals surface area (Å²) < 4.78 is 37.9. The lowest BCUT2D eigenvalue weighted by atomic mass is 9.99. The summed E-state index contributed by atoms with van der Waals surface area (Å²) in [6.07, 6.45) is -2.12. The first-order valence-electron chi connectivity index (χ1n) is 6.73. The van der Waals surface area contributed by atoms with Gasteiger partial charge in [0, 0.05) is 12.1 Å². The van der Waals surface area contributed by atoms with E-state index in [4.69, 9.17) is 5.26 Å². The van der Waals surface area contributed by atoms with Crippen LogP contribution < -0.4 is 0 Å². The monoisotopic (exact) mass is 296 g/mol. The quantitative estimate of drug-likeness (QED) is 0.795. The number of carbonyl (C=O) groups excluding carboxylic acids is 1. The van der Waals surface area contributed by atoms with Crippen molar-refractivity contribution in [1.29, 1.82) is 5.26 Å². The lowest BCUT2D eigenvalue weighted by Gasteiger charge is -2.31. The van der Waals surface area contributed by atoms with Gasteiger partial charge in [0.2, 0.25) is 0 Å². The van der Waals surface area contributed by atoms with Crippen molar-refractivity contribution in [2.75, 3.05) is 6.54 Å². The second kappa shape index (κ2) is 5.76. The van der Waals surface area contributed by atoms with Gasteiger partial charge < -0.3 is 4.90 Å². The van der Waals surface area contributed by atoms with Gasteiger partial charge in [-0.25, -0.2) is 0 Å². The highest BCUT2D eigenvalue weighted by atomic mass is 19.4. The van der Waals surface area contributed by atoms with Crippen LogP contribution in [-0.2, 0) is 6.18 Å². The van der Waals surface area contributed by atoms with E-state index in [2.05, 4.69) is 6.07 Å². The number of benzene rings is 1. The van der Waals surface area contributed by atoms with Crippen molar-refractivity contribution in [2.45, 2.75) is 38.4 Å². The SMILES string of the molecule is Cc1cc(C(F)(F)F)ccc1C(=O)N1CCCCC1C#N. The van der Waals surface area contributed by atoms with E-state index >= 15 is 0 Å². The standard InChI is InChI=1S/C15H15F3N2O/c1-10-8-11(15(16,17)18)5-6-13(10)14(21)20-7-3-2-4-12(20)9-19/h5-6,8,12H,2-4,7H2,1H3. The van der Waals surface area contributed by atoms with Crippen molar-refractivity contribution in [3.8, 4) is 6.07 Å². The third kappa shape index (κ3) is 3.18. The highest BCUT2D eigenvalue weighted by molar-refractivity contribution is 5.96. The van der Waals surface area contributed by atoms with E-state index in [0.717, 1.165) is 25.0 Å². The van der Waals surface area contributed by atoms with Crippen LogP contribution in [0.1, 0.15) is 40.7 Å². The van der Waals surface area contributed by atoms with E-state index in [-0.39, 0.29) is 17.0 Å². The molecule has 0 aliphatic carbocycles. The molecule has 1 unspecified atom stereocenters. The number of alkyl halides is 3. The van der Waals surface area contributed by atoms with Crippen LogP contribution in [0.4, 0.5) is 13.2 Å². The molecule has 3 nitrogen and oxygen atoms in total. The van der Waals surface area contributed by atoms with Gasteiger partial charge in [0.1, 0.15) is 6.04 Å². The van der Waals surface area contributed by atoms with E-state index in [0.29, 0.717) is 13.0 Å². The summed E-state index contributed by atoms with van der Waals surface area (Å²) in [5.74, 6) is -0.368. The summed E-state index contributed by atoms with van der Waals surface area (Å²) >= 11 is 0. The molecule has 1 fully saturated rings. The fraction of sp³-hybridized carbons (Fsp3) is 0.467. The number of hydrogen-bond donors (Lipinski definition) is 0. The molecular weight excluding hydrogens is 281 g/mol. The van der Waals surface area contributed by atoms with Crippen LogP contribution in [0.5, 0.6) is 0 Å². The number of nitrogens with zero attached hydrogens (tertiary/aromatic N) is 2. The Balaban J connectivity index is 2.29. The highest BCUT2D eigenvalue weighted by Crippen LogP contribution is 2.31. The third-order valence-corrected chi connectivity index (χ3v) is 3.70. The van der Waals surface area contributed by atoms with Crippen molar-refractivity contribution >= 4 is 5.91 Å². The number of carbonyl (C=O) groups is 1. The van der Waals surface area contributed by atoms with Gasteiger partial charge in [-0.05, 0) is 49.9 Å².